The molecule has 1 aliphatic carbocycles. The predicted molar refractivity (Wildman–Crippen MR) is 148 cm³/mol. The lowest BCUT2D eigenvalue weighted by Crippen LogP contribution is -2.40. The van der Waals surface area contributed by atoms with Gasteiger partial charge in [-0.05, 0) is 56.2 Å². The second-order valence-electron chi connectivity index (χ2n) is 10.7. The molecule has 1 atom stereocenters. The first-order valence-corrected chi connectivity index (χ1v) is 13.5. The molecule has 1 saturated heterocycles. The molecule has 0 unspecified atom stereocenters. The maximum atomic E-state index is 12.6. The van der Waals surface area contributed by atoms with E-state index in [2.05, 4.69) is 28.2 Å². The molecule has 2 fully saturated rings. The van der Waals surface area contributed by atoms with Crippen molar-refractivity contribution in [3.8, 4) is 0 Å². The summed E-state index contributed by atoms with van der Waals surface area (Å²) >= 11 is 6.54. The van der Waals surface area contributed by atoms with Crippen molar-refractivity contribution in [3.05, 3.63) is 57.1 Å². The van der Waals surface area contributed by atoms with Crippen LogP contribution in [0.2, 0.25) is 5.02 Å². The number of halogens is 1. The monoisotopic (exact) mass is 522 g/mol. The van der Waals surface area contributed by atoms with Crippen molar-refractivity contribution in [2.75, 3.05) is 37.4 Å². The van der Waals surface area contributed by atoms with Crippen LogP contribution in [0, 0.1) is 11.8 Å². The molecule has 5 rings (SSSR count). The lowest BCUT2D eigenvalue weighted by atomic mass is 9.96. The third kappa shape index (κ3) is 5.44. The van der Waals surface area contributed by atoms with Crippen LogP contribution in [0.1, 0.15) is 43.9 Å². The average Bonchev–Trinajstić information content (AvgIpc) is 3.74. The van der Waals surface area contributed by atoms with Crippen LogP contribution in [-0.2, 0) is 18.3 Å². The molecule has 3 heterocycles. The van der Waals surface area contributed by atoms with Gasteiger partial charge in [0, 0.05) is 69.8 Å². The summed E-state index contributed by atoms with van der Waals surface area (Å²) in [6, 6.07) is 8.20. The summed E-state index contributed by atoms with van der Waals surface area (Å²) in [5.74, 6) is 1.56. The number of aryl methyl sites for hydroxylation is 1. The molecular weight excluding hydrogens is 488 g/mol. The zero-order valence-corrected chi connectivity index (χ0v) is 22.8. The van der Waals surface area contributed by atoms with Crippen LogP contribution in [0.15, 0.2) is 35.3 Å². The number of amides is 1. The fourth-order valence-electron chi connectivity index (χ4n) is 5.25. The van der Waals surface area contributed by atoms with Crippen molar-refractivity contribution in [2.45, 2.75) is 45.1 Å². The second kappa shape index (κ2) is 10.3. The standard InChI is InChI=1S/C28H35ClN6O2/c1-17(19-6-7-19)31-23-15-26(36)34(4)25-8-5-18(13-21(23)25)14-24-22(29)16-30-28(32-24)35-11-9-20(10-12-35)27(37)33(2)3/h5,8,13,15-17,19-20,31H,6-7,9-12,14H2,1-4H3/t17-/m1/s1. The number of hydrogen-bond donors (Lipinski definition) is 1. The highest BCUT2D eigenvalue weighted by Gasteiger charge is 2.29. The van der Waals surface area contributed by atoms with Gasteiger partial charge in [0.15, 0.2) is 0 Å². The maximum absolute atomic E-state index is 12.6. The SMILES string of the molecule is C[C@@H](Nc1cc(=O)n(C)c2ccc(Cc3nc(N4CCC(C(=O)N(C)C)CC4)ncc3Cl)cc12)C1CC1. The molecule has 2 aliphatic rings. The Hall–Kier alpha value is -3.13. The highest BCUT2D eigenvalue weighted by molar-refractivity contribution is 6.31. The number of anilines is 2. The summed E-state index contributed by atoms with van der Waals surface area (Å²) in [5, 5.41) is 5.14. The van der Waals surface area contributed by atoms with Gasteiger partial charge in [-0.3, -0.25) is 9.59 Å². The Bertz CT molecular complexity index is 1380. The van der Waals surface area contributed by atoms with Crippen LogP contribution in [0.4, 0.5) is 11.6 Å². The Morgan fingerprint density at radius 1 is 1.19 bits per heavy atom. The smallest absolute Gasteiger partial charge is 0.252 e. The van der Waals surface area contributed by atoms with Crippen LogP contribution in [0.25, 0.3) is 10.9 Å². The third-order valence-electron chi connectivity index (χ3n) is 7.77. The molecule has 1 aliphatic heterocycles. The van der Waals surface area contributed by atoms with E-state index in [1.165, 1.54) is 12.8 Å². The highest BCUT2D eigenvalue weighted by atomic mass is 35.5. The normalized spacial score (nSPS) is 17.2. The van der Waals surface area contributed by atoms with E-state index in [1.54, 1.807) is 28.8 Å². The number of fused-ring (bicyclic) bond motifs is 1. The molecular formula is C28H35ClN6O2. The highest BCUT2D eigenvalue weighted by Crippen LogP contribution is 2.35. The number of benzene rings is 1. The first kappa shape index (κ1) is 25.5. The molecule has 3 aromatic rings. The first-order chi connectivity index (χ1) is 17.7. The lowest BCUT2D eigenvalue weighted by molar-refractivity contribution is -0.133. The van der Waals surface area contributed by atoms with Crippen molar-refractivity contribution >= 4 is 40.0 Å². The Balaban J connectivity index is 1.38. The number of nitrogens with zero attached hydrogens (tertiary/aromatic N) is 5. The second-order valence-corrected chi connectivity index (χ2v) is 11.1. The van der Waals surface area contributed by atoms with E-state index in [0.29, 0.717) is 29.4 Å². The number of piperidine rings is 1. The van der Waals surface area contributed by atoms with E-state index in [0.717, 1.165) is 53.8 Å². The van der Waals surface area contributed by atoms with Gasteiger partial charge in [0.25, 0.3) is 5.56 Å². The summed E-state index contributed by atoms with van der Waals surface area (Å²) in [7, 11) is 5.42. The van der Waals surface area contributed by atoms with Gasteiger partial charge < -0.3 is 19.7 Å². The maximum Gasteiger partial charge on any atom is 0.252 e. The Morgan fingerprint density at radius 3 is 2.59 bits per heavy atom. The number of aromatic nitrogens is 3. The van der Waals surface area contributed by atoms with E-state index in [9.17, 15) is 9.59 Å². The van der Waals surface area contributed by atoms with Crippen molar-refractivity contribution in [3.63, 3.8) is 0 Å². The van der Waals surface area contributed by atoms with Crippen LogP contribution in [-0.4, -0.2) is 58.6 Å². The van der Waals surface area contributed by atoms with E-state index in [-0.39, 0.29) is 17.4 Å². The van der Waals surface area contributed by atoms with Gasteiger partial charge in [0.1, 0.15) is 0 Å². The summed E-state index contributed by atoms with van der Waals surface area (Å²) in [4.78, 5) is 38.0. The molecule has 1 aromatic carbocycles. The van der Waals surface area contributed by atoms with Crippen LogP contribution < -0.4 is 15.8 Å². The minimum Gasteiger partial charge on any atom is -0.382 e. The van der Waals surface area contributed by atoms with Crippen molar-refractivity contribution in [2.24, 2.45) is 18.9 Å². The molecule has 1 N–H and O–H groups in total. The summed E-state index contributed by atoms with van der Waals surface area (Å²) in [6.45, 7) is 3.67. The number of nitrogens with one attached hydrogen (secondary N) is 1. The summed E-state index contributed by atoms with van der Waals surface area (Å²) in [5.41, 5.74) is 3.58. The minimum atomic E-state index is -0.0229. The lowest BCUT2D eigenvalue weighted by Gasteiger charge is -2.32. The van der Waals surface area contributed by atoms with Crippen molar-refractivity contribution in [1.82, 2.24) is 19.4 Å². The molecule has 1 saturated carbocycles. The Morgan fingerprint density at radius 2 is 1.92 bits per heavy atom. The van der Waals surface area contributed by atoms with Gasteiger partial charge >= 0.3 is 0 Å². The molecule has 8 nitrogen and oxygen atoms in total. The summed E-state index contributed by atoms with van der Waals surface area (Å²) < 4.78 is 1.69. The molecule has 0 radical (unpaired) electrons. The molecule has 1 amide bonds. The van der Waals surface area contributed by atoms with Crippen LogP contribution >= 0.6 is 11.6 Å². The van der Waals surface area contributed by atoms with Gasteiger partial charge in [-0.2, -0.15) is 0 Å². The Labute approximate surface area is 222 Å². The van der Waals surface area contributed by atoms with Gasteiger partial charge in [0.05, 0.1) is 22.4 Å². The number of hydrogen-bond acceptors (Lipinski definition) is 6. The number of pyridine rings is 1. The minimum absolute atomic E-state index is 0.0229. The molecule has 2 aromatic heterocycles. The van der Waals surface area contributed by atoms with E-state index < -0.39 is 0 Å². The fraction of sp³-hybridized carbons (Fsp3) is 0.500. The topological polar surface area (TPSA) is 83.4 Å². The zero-order chi connectivity index (χ0) is 26.3. The van der Waals surface area contributed by atoms with E-state index in [1.807, 2.05) is 26.2 Å². The third-order valence-corrected chi connectivity index (χ3v) is 8.08. The average molecular weight is 523 g/mol. The number of carbonyl (C=O) groups is 1. The predicted octanol–water partition coefficient (Wildman–Crippen LogP) is 4.09. The van der Waals surface area contributed by atoms with Crippen LogP contribution in [0.3, 0.4) is 0 Å². The largest absolute Gasteiger partial charge is 0.382 e. The van der Waals surface area contributed by atoms with Crippen LogP contribution in [0.5, 0.6) is 0 Å². The van der Waals surface area contributed by atoms with Crippen molar-refractivity contribution in [1.29, 1.82) is 0 Å². The van der Waals surface area contributed by atoms with Gasteiger partial charge in [-0.15, -0.1) is 0 Å². The van der Waals surface area contributed by atoms with Gasteiger partial charge in [-0.25, -0.2) is 9.97 Å². The molecule has 196 valence electrons. The molecule has 9 heteroatoms. The molecule has 37 heavy (non-hydrogen) atoms. The quantitative estimate of drug-likeness (QED) is 0.503. The fourth-order valence-corrected chi connectivity index (χ4v) is 5.41. The number of rotatable bonds is 7. The molecule has 0 bridgehead atoms. The first-order valence-electron chi connectivity index (χ1n) is 13.1. The van der Waals surface area contributed by atoms with Gasteiger partial charge in [-0.1, -0.05) is 17.7 Å². The molecule has 0 spiro atoms. The number of carbonyl (C=O) groups excluding carboxylic acids is 1. The summed E-state index contributed by atoms with van der Waals surface area (Å²) in [6.07, 6.45) is 6.28. The Kier molecular flexibility index (Phi) is 7.12. The zero-order valence-electron chi connectivity index (χ0n) is 22.0. The van der Waals surface area contributed by atoms with E-state index >= 15 is 0 Å². The van der Waals surface area contributed by atoms with Crippen molar-refractivity contribution < 1.29 is 4.79 Å². The van der Waals surface area contributed by atoms with Gasteiger partial charge in [0.2, 0.25) is 11.9 Å². The van der Waals surface area contributed by atoms with E-state index in [4.69, 9.17) is 16.6 Å².